The van der Waals surface area contributed by atoms with Crippen molar-refractivity contribution < 1.29 is 4.74 Å². The summed E-state index contributed by atoms with van der Waals surface area (Å²) in [5.74, 6) is 0. The van der Waals surface area contributed by atoms with E-state index in [0.29, 0.717) is 17.6 Å². The van der Waals surface area contributed by atoms with Crippen LogP contribution in [-0.4, -0.2) is 18.7 Å². The first kappa shape index (κ1) is 15.5. The smallest absolute Gasteiger partial charge is 0.0721 e. The van der Waals surface area contributed by atoms with Gasteiger partial charge in [-0.05, 0) is 49.9 Å². The SMILES string of the molecule is CCCNC1CC(OCc2cccc(Br)c2)C12CCCC2. The molecule has 1 N–H and O–H groups in total. The number of halogens is 1. The highest BCUT2D eigenvalue weighted by molar-refractivity contribution is 9.10. The molecule has 2 nitrogen and oxygen atoms in total. The van der Waals surface area contributed by atoms with Crippen LogP contribution in [0.4, 0.5) is 0 Å². The number of benzene rings is 1. The van der Waals surface area contributed by atoms with Crippen LogP contribution in [-0.2, 0) is 11.3 Å². The summed E-state index contributed by atoms with van der Waals surface area (Å²) in [6, 6.07) is 9.15. The second-order valence-corrected chi connectivity index (χ2v) is 7.53. The van der Waals surface area contributed by atoms with Gasteiger partial charge in [-0.2, -0.15) is 0 Å². The molecule has 1 aromatic carbocycles. The van der Waals surface area contributed by atoms with Gasteiger partial charge in [0.1, 0.15) is 0 Å². The number of hydrogen-bond donors (Lipinski definition) is 1. The third-order valence-corrected chi connectivity index (χ3v) is 5.79. The van der Waals surface area contributed by atoms with Crippen molar-refractivity contribution in [1.82, 2.24) is 5.32 Å². The molecule has 0 heterocycles. The van der Waals surface area contributed by atoms with Crippen molar-refractivity contribution in [3.8, 4) is 0 Å². The highest BCUT2D eigenvalue weighted by Gasteiger charge is 2.56. The minimum atomic E-state index is 0.432. The maximum Gasteiger partial charge on any atom is 0.0721 e. The Morgan fingerprint density at radius 1 is 1.33 bits per heavy atom. The topological polar surface area (TPSA) is 21.3 Å². The Labute approximate surface area is 136 Å². The fourth-order valence-corrected chi connectivity index (χ4v) is 4.56. The summed E-state index contributed by atoms with van der Waals surface area (Å²) in [6.45, 7) is 4.13. The summed E-state index contributed by atoms with van der Waals surface area (Å²) < 4.78 is 7.44. The lowest BCUT2D eigenvalue weighted by atomic mass is 9.60. The Kier molecular flexibility index (Phi) is 5.03. The molecule has 0 bridgehead atoms. The number of rotatable bonds is 6. The van der Waals surface area contributed by atoms with Gasteiger partial charge in [0.25, 0.3) is 0 Å². The lowest BCUT2D eigenvalue weighted by Crippen LogP contribution is -2.62. The van der Waals surface area contributed by atoms with Crippen molar-refractivity contribution >= 4 is 15.9 Å². The highest BCUT2D eigenvalue weighted by atomic mass is 79.9. The molecule has 2 aliphatic carbocycles. The zero-order chi connectivity index (χ0) is 14.7. The predicted molar refractivity (Wildman–Crippen MR) is 90.3 cm³/mol. The van der Waals surface area contributed by atoms with E-state index in [1.165, 1.54) is 44.1 Å². The minimum absolute atomic E-state index is 0.432. The molecule has 0 saturated heterocycles. The summed E-state index contributed by atoms with van der Waals surface area (Å²) in [5.41, 5.74) is 1.70. The van der Waals surface area contributed by atoms with E-state index >= 15 is 0 Å². The van der Waals surface area contributed by atoms with Gasteiger partial charge in [0.2, 0.25) is 0 Å². The Morgan fingerprint density at radius 2 is 2.14 bits per heavy atom. The Morgan fingerprint density at radius 3 is 2.86 bits per heavy atom. The molecule has 3 heteroatoms. The van der Waals surface area contributed by atoms with E-state index in [4.69, 9.17) is 4.74 Å². The summed E-state index contributed by atoms with van der Waals surface area (Å²) in [7, 11) is 0. The molecule has 2 aliphatic rings. The van der Waals surface area contributed by atoms with Crippen molar-refractivity contribution in [2.75, 3.05) is 6.54 Å². The van der Waals surface area contributed by atoms with Crippen LogP contribution in [0.5, 0.6) is 0 Å². The molecule has 0 aromatic heterocycles. The van der Waals surface area contributed by atoms with E-state index in [1.54, 1.807) is 0 Å². The van der Waals surface area contributed by atoms with Crippen molar-refractivity contribution in [3.63, 3.8) is 0 Å². The molecule has 0 aliphatic heterocycles. The molecule has 2 unspecified atom stereocenters. The van der Waals surface area contributed by atoms with Crippen LogP contribution < -0.4 is 5.32 Å². The molecule has 21 heavy (non-hydrogen) atoms. The van der Waals surface area contributed by atoms with Crippen molar-refractivity contribution in [3.05, 3.63) is 34.3 Å². The largest absolute Gasteiger partial charge is 0.373 e. The molecule has 2 atom stereocenters. The van der Waals surface area contributed by atoms with Crippen LogP contribution >= 0.6 is 15.9 Å². The summed E-state index contributed by atoms with van der Waals surface area (Å²) >= 11 is 3.53. The average molecular weight is 352 g/mol. The van der Waals surface area contributed by atoms with Gasteiger partial charge >= 0.3 is 0 Å². The van der Waals surface area contributed by atoms with Crippen LogP contribution in [0.1, 0.15) is 51.0 Å². The molecule has 2 saturated carbocycles. The van der Waals surface area contributed by atoms with E-state index in [1.807, 2.05) is 0 Å². The van der Waals surface area contributed by atoms with Crippen LogP contribution in [0.2, 0.25) is 0 Å². The predicted octanol–water partition coefficient (Wildman–Crippen LogP) is 4.67. The van der Waals surface area contributed by atoms with Crippen molar-refractivity contribution in [2.24, 2.45) is 5.41 Å². The Bertz CT molecular complexity index is 470. The van der Waals surface area contributed by atoms with Crippen LogP contribution in [0.25, 0.3) is 0 Å². The first-order valence-electron chi connectivity index (χ1n) is 8.34. The van der Waals surface area contributed by atoms with E-state index in [9.17, 15) is 0 Å². The molecule has 2 fully saturated rings. The fourth-order valence-electron chi connectivity index (χ4n) is 4.11. The second-order valence-electron chi connectivity index (χ2n) is 6.61. The quantitative estimate of drug-likeness (QED) is 0.804. The van der Waals surface area contributed by atoms with Gasteiger partial charge in [-0.15, -0.1) is 0 Å². The van der Waals surface area contributed by atoms with Gasteiger partial charge < -0.3 is 10.1 Å². The molecule has 1 spiro atoms. The first-order valence-corrected chi connectivity index (χ1v) is 9.13. The zero-order valence-corrected chi connectivity index (χ0v) is 14.5. The van der Waals surface area contributed by atoms with Gasteiger partial charge in [-0.1, -0.05) is 47.8 Å². The van der Waals surface area contributed by atoms with Gasteiger partial charge in [0, 0.05) is 15.9 Å². The molecule has 0 amide bonds. The van der Waals surface area contributed by atoms with Crippen LogP contribution in [0.3, 0.4) is 0 Å². The standard InChI is InChI=1S/C18H26BrNO/c1-2-10-20-16-12-17(18(16)8-3-4-9-18)21-13-14-6-5-7-15(19)11-14/h5-7,11,16-17,20H,2-4,8-10,12-13H2,1H3. The van der Waals surface area contributed by atoms with Gasteiger partial charge in [0.05, 0.1) is 12.7 Å². The second kappa shape index (κ2) is 6.80. The molecular weight excluding hydrogens is 326 g/mol. The van der Waals surface area contributed by atoms with Crippen molar-refractivity contribution in [2.45, 2.75) is 64.2 Å². The third kappa shape index (κ3) is 3.20. The number of nitrogens with one attached hydrogen (secondary N) is 1. The molecule has 0 radical (unpaired) electrons. The zero-order valence-electron chi connectivity index (χ0n) is 12.9. The monoisotopic (exact) mass is 351 g/mol. The summed E-state index contributed by atoms with van der Waals surface area (Å²) in [5, 5.41) is 3.75. The lowest BCUT2D eigenvalue weighted by molar-refractivity contribution is -0.140. The van der Waals surface area contributed by atoms with Crippen LogP contribution in [0, 0.1) is 5.41 Å². The minimum Gasteiger partial charge on any atom is -0.373 e. The van der Waals surface area contributed by atoms with Crippen molar-refractivity contribution in [1.29, 1.82) is 0 Å². The number of hydrogen-bond acceptors (Lipinski definition) is 2. The van der Waals surface area contributed by atoms with E-state index in [-0.39, 0.29) is 0 Å². The Hall–Kier alpha value is -0.380. The molecule has 116 valence electrons. The summed E-state index contributed by atoms with van der Waals surface area (Å²) in [6.07, 6.45) is 8.30. The van der Waals surface area contributed by atoms with Gasteiger partial charge in [-0.25, -0.2) is 0 Å². The third-order valence-electron chi connectivity index (χ3n) is 5.30. The maximum absolute atomic E-state index is 6.31. The normalized spacial score (nSPS) is 27.0. The Balaban J connectivity index is 1.58. The van der Waals surface area contributed by atoms with E-state index in [2.05, 4.69) is 52.4 Å². The lowest BCUT2D eigenvalue weighted by Gasteiger charge is -2.54. The molecule has 1 aromatic rings. The van der Waals surface area contributed by atoms with Gasteiger partial charge in [0.15, 0.2) is 0 Å². The summed E-state index contributed by atoms with van der Waals surface area (Å²) in [4.78, 5) is 0. The van der Waals surface area contributed by atoms with Crippen LogP contribution in [0.15, 0.2) is 28.7 Å². The number of ether oxygens (including phenoxy) is 1. The molecule has 3 rings (SSSR count). The van der Waals surface area contributed by atoms with Gasteiger partial charge in [-0.3, -0.25) is 0 Å². The molecular formula is C18H26BrNO. The average Bonchev–Trinajstić information content (AvgIpc) is 2.98. The maximum atomic E-state index is 6.31. The van der Waals surface area contributed by atoms with E-state index in [0.717, 1.165) is 17.6 Å². The highest BCUT2D eigenvalue weighted by Crippen LogP contribution is 2.54. The van der Waals surface area contributed by atoms with E-state index < -0.39 is 0 Å². The first-order chi connectivity index (χ1) is 10.2. The fraction of sp³-hybridized carbons (Fsp3) is 0.667.